The summed E-state index contributed by atoms with van der Waals surface area (Å²) in [6.07, 6.45) is 1.78. The predicted octanol–water partition coefficient (Wildman–Crippen LogP) is 6.27. The lowest BCUT2D eigenvalue weighted by Crippen LogP contribution is -2.10. The third kappa shape index (κ3) is 4.74. The molecule has 0 spiro atoms. The minimum absolute atomic E-state index is 0.0679. The van der Waals surface area contributed by atoms with E-state index in [4.69, 9.17) is 14.2 Å². The Bertz CT molecular complexity index is 1260. The van der Waals surface area contributed by atoms with Crippen LogP contribution in [0.2, 0.25) is 0 Å². The number of benzene rings is 3. The molecule has 4 rings (SSSR count). The molecule has 3 aromatic carbocycles. The smallest absolute Gasteiger partial charge is 0.337 e. The second kappa shape index (κ2) is 9.18. The number of esters is 1. The Kier molecular flexibility index (Phi) is 6.29. The van der Waals surface area contributed by atoms with Crippen LogP contribution in [-0.4, -0.2) is 18.9 Å². The maximum Gasteiger partial charge on any atom is 0.337 e. The van der Waals surface area contributed by atoms with E-state index >= 15 is 0 Å². The molecule has 0 atom stereocenters. The van der Waals surface area contributed by atoms with Gasteiger partial charge in [0.2, 0.25) is 5.78 Å². The normalized spacial score (nSPS) is 14.0. The van der Waals surface area contributed by atoms with Gasteiger partial charge in [-0.15, -0.1) is 0 Å². The number of hydrogen-bond donors (Lipinski definition) is 0. The Labute approximate surface area is 200 Å². The summed E-state index contributed by atoms with van der Waals surface area (Å²) in [5, 5.41) is 0. The second-order valence-corrected chi connectivity index (χ2v) is 9.35. The molecule has 1 aliphatic heterocycles. The summed E-state index contributed by atoms with van der Waals surface area (Å²) in [4.78, 5) is 24.5. The van der Waals surface area contributed by atoms with Gasteiger partial charge in [-0.25, -0.2) is 4.79 Å². The first kappa shape index (κ1) is 23.3. The third-order valence-electron chi connectivity index (χ3n) is 5.88. The lowest BCUT2D eigenvalue weighted by molar-refractivity contribution is 0.0600. The standard InChI is InChI=1S/C29H28O5/c1-18-24(33-17-20-6-10-21(11-7-20)28(31)32-5)15-14-23-26(30)25(34-27(18)23)16-19-8-12-22(13-9-19)29(2,3)4/h6-16H,17H2,1-5H3/b25-16-. The van der Waals surface area contributed by atoms with Crippen LogP contribution in [0.25, 0.3) is 6.08 Å². The number of ether oxygens (including phenoxy) is 3. The van der Waals surface area contributed by atoms with E-state index in [-0.39, 0.29) is 17.2 Å². The zero-order chi connectivity index (χ0) is 24.5. The number of Topliss-reactive ketones (excluding diaryl/α,β-unsaturated/α-hetero) is 1. The molecule has 0 amide bonds. The van der Waals surface area contributed by atoms with E-state index in [1.54, 1.807) is 30.3 Å². The number of carbonyl (C=O) groups is 2. The zero-order valence-electron chi connectivity index (χ0n) is 20.1. The average molecular weight is 457 g/mol. The lowest BCUT2D eigenvalue weighted by Gasteiger charge is -2.18. The van der Waals surface area contributed by atoms with Crippen LogP contribution in [0.4, 0.5) is 0 Å². The van der Waals surface area contributed by atoms with Gasteiger partial charge in [-0.2, -0.15) is 0 Å². The molecular formula is C29H28O5. The second-order valence-electron chi connectivity index (χ2n) is 9.35. The zero-order valence-corrected chi connectivity index (χ0v) is 20.1. The first-order chi connectivity index (χ1) is 16.2. The largest absolute Gasteiger partial charge is 0.488 e. The Morgan fingerprint density at radius 3 is 2.26 bits per heavy atom. The number of carbonyl (C=O) groups excluding carboxylic acids is 2. The Morgan fingerprint density at radius 2 is 1.65 bits per heavy atom. The SMILES string of the molecule is COC(=O)c1ccc(COc2ccc3c(c2C)O/C(=C\c2ccc(C(C)(C)C)cc2)C3=O)cc1. The van der Waals surface area contributed by atoms with Crippen LogP contribution in [0, 0.1) is 6.92 Å². The minimum atomic E-state index is -0.377. The molecule has 34 heavy (non-hydrogen) atoms. The van der Waals surface area contributed by atoms with Gasteiger partial charge in [0, 0.05) is 5.56 Å². The van der Waals surface area contributed by atoms with Gasteiger partial charge in [0.1, 0.15) is 18.1 Å². The summed E-state index contributed by atoms with van der Waals surface area (Å²) in [6.45, 7) is 8.70. The Balaban J connectivity index is 1.49. The predicted molar refractivity (Wildman–Crippen MR) is 131 cm³/mol. The highest BCUT2D eigenvalue weighted by Gasteiger charge is 2.30. The molecule has 0 unspecified atom stereocenters. The molecule has 0 saturated heterocycles. The number of hydrogen-bond acceptors (Lipinski definition) is 5. The first-order valence-electron chi connectivity index (χ1n) is 11.2. The van der Waals surface area contributed by atoms with Gasteiger partial charge in [-0.1, -0.05) is 57.2 Å². The van der Waals surface area contributed by atoms with E-state index in [0.717, 1.165) is 16.7 Å². The van der Waals surface area contributed by atoms with Gasteiger partial charge in [0.15, 0.2) is 5.76 Å². The molecule has 174 valence electrons. The molecule has 1 aliphatic rings. The number of rotatable bonds is 5. The molecule has 0 N–H and O–H groups in total. The summed E-state index contributed by atoms with van der Waals surface area (Å²) >= 11 is 0. The van der Waals surface area contributed by atoms with Crippen molar-refractivity contribution in [3.8, 4) is 11.5 Å². The summed E-state index contributed by atoms with van der Waals surface area (Å²) in [6, 6.07) is 18.7. The van der Waals surface area contributed by atoms with Crippen LogP contribution in [0.1, 0.15) is 63.7 Å². The van der Waals surface area contributed by atoms with E-state index in [0.29, 0.717) is 35.0 Å². The quantitative estimate of drug-likeness (QED) is 0.334. The fourth-order valence-corrected chi connectivity index (χ4v) is 3.77. The summed E-state index contributed by atoms with van der Waals surface area (Å²) < 4.78 is 16.7. The molecule has 0 saturated carbocycles. The van der Waals surface area contributed by atoms with Crippen molar-refractivity contribution >= 4 is 17.8 Å². The van der Waals surface area contributed by atoms with Crippen molar-refractivity contribution in [1.29, 1.82) is 0 Å². The molecule has 0 bridgehead atoms. The topological polar surface area (TPSA) is 61.8 Å². The molecule has 0 aliphatic carbocycles. The molecule has 1 heterocycles. The first-order valence-corrected chi connectivity index (χ1v) is 11.2. The van der Waals surface area contributed by atoms with Gasteiger partial charge in [-0.3, -0.25) is 4.79 Å². The van der Waals surface area contributed by atoms with Crippen LogP contribution < -0.4 is 9.47 Å². The lowest BCUT2D eigenvalue weighted by atomic mass is 9.86. The molecule has 3 aromatic rings. The highest BCUT2D eigenvalue weighted by Crippen LogP contribution is 2.39. The van der Waals surface area contributed by atoms with Crippen molar-refractivity contribution in [1.82, 2.24) is 0 Å². The van der Waals surface area contributed by atoms with Crippen molar-refractivity contribution in [2.24, 2.45) is 0 Å². The van der Waals surface area contributed by atoms with Crippen molar-refractivity contribution in [3.05, 3.63) is 99.8 Å². The highest BCUT2D eigenvalue weighted by molar-refractivity contribution is 6.15. The molecule has 0 aromatic heterocycles. The van der Waals surface area contributed by atoms with Crippen molar-refractivity contribution < 1.29 is 23.8 Å². The van der Waals surface area contributed by atoms with Crippen LogP contribution in [0.3, 0.4) is 0 Å². The number of methoxy groups -OCH3 is 1. The van der Waals surface area contributed by atoms with Gasteiger partial charge in [0.25, 0.3) is 0 Å². The fraction of sp³-hybridized carbons (Fsp3) is 0.241. The minimum Gasteiger partial charge on any atom is -0.488 e. The number of ketones is 1. The van der Waals surface area contributed by atoms with E-state index < -0.39 is 0 Å². The maximum absolute atomic E-state index is 12.9. The average Bonchev–Trinajstić information content (AvgIpc) is 3.14. The van der Waals surface area contributed by atoms with E-state index in [9.17, 15) is 9.59 Å². The summed E-state index contributed by atoms with van der Waals surface area (Å²) in [5.41, 5.74) is 4.90. The van der Waals surface area contributed by atoms with Crippen LogP contribution in [0.15, 0.2) is 66.4 Å². The van der Waals surface area contributed by atoms with Gasteiger partial charge >= 0.3 is 5.97 Å². The van der Waals surface area contributed by atoms with Gasteiger partial charge in [-0.05, 0) is 59.4 Å². The van der Waals surface area contributed by atoms with Crippen LogP contribution >= 0.6 is 0 Å². The van der Waals surface area contributed by atoms with Crippen molar-refractivity contribution in [2.45, 2.75) is 39.7 Å². The maximum atomic E-state index is 12.9. The molecule has 0 radical (unpaired) electrons. The van der Waals surface area contributed by atoms with Crippen LogP contribution in [-0.2, 0) is 16.8 Å². The number of allylic oxidation sites excluding steroid dienone is 1. The van der Waals surface area contributed by atoms with E-state index in [1.807, 2.05) is 31.2 Å². The summed E-state index contributed by atoms with van der Waals surface area (Å²) in [5.74, 6) is 0.957. The van der Waals surface area contributed by atoms with E-state index in [2.05, 4.69) is 32.9 Å². The Morgan fingerprint density at radius 1 is 0.971 bits per heavy atom. The van der Waals surface area contributed by atoms with Gasteiger partial charge < -0.3 is 14.2 Å². The van der Waals surface area contributed by atoms with Crippen LogP contribution in [0.5, 0.6) is 11.5 Å². The Hall–Kier alpha value is -3.86. The van der Waals surface area contributed by atoms with Gasteiger partial charge in [0.05, 0.1) is 18.2 Å². The molecular weight excluding hydrogens is 428 g/mol. The molecule has 5 nitrogen and oxygen atoms in total. The third-order valence-corrected chi connectivity index (χ3v) is 5.88. The number of fused-ring (bicyclic) bond motifs is 1. The monoisotopic (exact) mass is 456 g/mol. The van der Waals surface area contributed by atoms with E-state index in [1.165, 1.54) is 12.7 Å². The summed E-state index contributed by atoms with van der Waals surface area (Å²) in [7, 11) is 1.35. The molecule has 0 fully saturated rings. The fourth-order valence-electron chi connectivity index (χ4n) is 3.77. The van der Waals surface area contributed by atoms with Crippen molar-refractivity contribution in [2.75, 3.05) is 7.11 Å². The molecule has 5 heteroatoms. The highest BCUT2D eigenvalue weighted by atomic mass is 16.5. The van der Waals surface area contributed by atoms with Crippen molar-refractivity contribution in [3.63, 3.8) is 0 Å².